The third-order valence-electron chi connectivity index (χ3n) is 2.94. The number of carbonyl (C=O) groups excluding carboxylic acids is 1. The van der Waals surface area contributed by atoms with Crippen molar-refractivity contribution in [3.63, 3.8) is 0 Å². The van der Waals surface area contributed by atoms with E-state index in [1.807, 2.05) is 0 Å². The number of hydrogen-bond acceptors (Lipinski definition) is 2. The van der Waals surface area contributed by atoms with Crippen molar-refractivity contribution in [2.75, 3.05) is 0 Å². The summed E-state index contributed by atoms with van der Waals surface area (Å²) in [5.74, 6) is 0.130. The van der Waals surface area contributed by atoms with Gasteiger partial charge in [-0.05, 0) is 33.1 Å². The Morgan fingerprint density at radius 1 is 1.53 bits per heavy atom. The van der Waals surface area contributed by atoms with Crippen LogP contribution >= 0.6 is 0 Å². The van der Waals surface area contributed by atoms with Crippen LogP contribution in [0.4, 0.5) is 0 Å². The smallest absolute Gasteiger partial charge is 0.223 e. The monoisotopic (exact) mass is 213 g/mol. The first-order valence-electron chi connectivity index (χ1n) is 5.95. The number of carbonyl (C=O) groups is 1. The number of hydrogen-bond donors (Lipinski definition) is 2. The molecule has 0 bridgehead atoms. The lowest BCUT2D eigenvalue weighted by molar-refractivity contribution is -0.124. The Hall–Kier alpha value is -0.570. The molecule has 0 radical (unpaired) electrons. The lowest BCUT2D eigenvalue weighted by Crippen LogP contribution is -2.29. The standard InChI is InChI=1S/C12H23NO2/c1-4-5-6-10-7-9(11(14)13-10)8-12(2,3)15/h9-10,15H,4-8H2,1-3H3,(H,13,14). The van der Waals surface area contributed by atoms with Crippen LogP contribution in [0, 0.1) is 5.92 Å². The van der Waals surface area contributed by atoms with Gasteiger partial charge in [-0.2, -0.15) is 0 Å². The number of unbranched alkanes of at least 4 members (excludes halogenated alkanes) is 1. The number of rotatable bonds is 5. The fraction of sp³-hybridized carbons (Fsp3) is 0.917. The SMILES string of the molecule is CCCCC1CC(CC(C)(C)O)C(=O)N1. The topological polar surface area (TPSA) is 49.3 Å². The van der Waals surface area contributed by atoms with Gasteiger partial charge >= 0.3 is 0 Å². The summed E-state index contributed by atoms with van der Waals surface area (Å²) in [6.45, 7) is 5.68. The Morgan fingerprint density at radius 3 is 2.73 bits per heavy atom. The molecule has 1 aliphatic rings. The van der Waals surface area contributed by atoms with Crippen molar-refractivity contribution < 1.29 is 9.90 Å². The minimum atomic E-state index is -0.734. The van der Waals surface area contributed by atoms with E-state index >= 15 is 0 Å². The van der Waals surface area contributed by atoms with Crippen molar-refractivity contribution in [3.8, 4) is 0 Å². The molecule has 2 unspecified atom stereocenters. The zero-order valence-corrected chi connectivity index (χ0v) is 10.0. The zero-order chi connectivity index (χ0) is 11.5. The maximum Gasteiger partial charge on any atom is 0.223 e. The van der Waals surface area contributed by atoms with Gasteiger partial charge in [-0.15, -0.1) is 0 Å². The van der Waals surface area contributed by atoms with Gasteiger partial charge in [0, 0.05) is 12.0 Å². The summed E-state index contributed by atoms with van der Waals surface area (Å²) in [4.78, 5) is 11.6. The Bertz CT molecular complexity index is 220. The molecule has 0 saturated carbocycles. The molecule has 15 heavy (non-hydrogen) atoms. The van der Waals surface area contributed by atoms with Gasteiger partial charge < -0.3 is 10.4 Å². The van der Waals surface area contributed by atoms with Crippen LogP contribution in [0.1, 0.15) is 52.9 Å². The summed E-state index contributed by atoms with van der Waals surface area (Å²) in [6, 6.07) is 0.338. The van der Waals surface area contributed by atoms with E-state index < -0.39 is 5.60 Å². The molecule has 0 spiro atoms. The second kappa shape index (κ2) is 4.97. The van der Waals surface area contributed by atoms with Gasteiger partial charge in [0.05, 0.1) is 5.60 Å². The predicted molar refractivity (Wildman–Crippen MR) is 60.5 cm³/mol. The molecule has 1 heterocycles. The van der Waals surface area contributed by atoms with E-state index in [-0.39, 0.29) is 11.8 Å². The lowest BCUT2D eigenvalue weighted by Gasteiger charge is -2.19. The predicted octanol–water partition coefficient (Wildman–Crippen LogP) is 1.84. The second-order valence-corrected chi connectivity index (χ2v) is 5.30. The van der Waals surface area contributed by atoms with E-state index in [1.165, 1.54) is 12.8 Å². The minimum absolute atomic E-state index is 0.00635. The molecule has 2 N–H and O–H groups in total. The van der Waals surface area contributed by atoms with E-state index in [0.29, 0.717) is 12.5 Å². The molecule has 2 atom stereocenters. The van der Waals surface area contributed by atoms with Crippen LogP contribution in [0.25, 0.3) is 0 Å². The van der Waals surface area contributed by atoms with Crippen LogP contribution in [0.15, 0.2) is 0 Å². The van der Waals surface area contributed by atoms with Gasteiger partial charge in [0.1, 0.15) is 0 Å². The molecule has 0 aromatic carbocycles. The lowest BCUT2D eigenvalue weighted by atomic mass is 9.90. The van der Waals surface area contributed by atoms with E-state index in [1.54, 1.807) is 13.8 Å². The minimum Gasteiger partial charge on any atom is -0.390 e. The normalized spacial score (nSPS) is 26.8. The van der Waals surface area contributed by atoms with Crippen LogP contribution in [-0.4, -0.2) is 22.7 Å². The van der Waals surface area contributed by atoms with Gasteiger partial charge in [0.25, 0.3) is 0 Å². The Balaban J connectivity index is 2.39. The third kappa shape index (κ3) is 4.20. The largest absolute Gasteiger partial charge is 0.390 e. The summed E-state index contributed by atoms with van der Waals surface area (Å²) in [6.07, 6.45) is 4.87. The van der Waals surface area contributed by atoms with E-state index in [4.69, 9.17) is 0 Å². The highest BCUT2D eigenvalue weighted by Gasteiger charge is 2.34. The van der Waals surface area contributed by atoms with Gasteiger partial charge in [0.2, 0.25) is 5.91 Å². The fourth-order valence-corrected chi connectivity index (χ4v) is 2.25. The molecule has 1 fully saturated rings. The van der Waals surface area contributed by atoms with E-state index in [2.05, 4.69) is 12.2 Å². The van der Waals surface area contributed by atoms with E-state index in [9.17, 15) is 9.90 Å². The van der Waals surface area contributed by atoms with Gasteiger partial charge in [-0.1, -0.05) is 19.8 Å². The highest BCUT2D eigenvalue weighted by atomic mass is 16.3. The van der Waals surface area contributed by atoms with Crippen LogP contribution in [0.2, 0.25) is 0 Å². The Kier molecular flexibility index (Phi) is 4.14. The molecule has 0 aromatic rings. The molecule has 1 saturated heterocycles. The molecular weight excluding hydrogens is 190 g/mol. The number of nitrogens with one attached hydrogen (secondary N) is 1. The number of amides is 1. The van der Waals surface area contributed by atoms with Crippen LogP contribution in [0.5, 0.6) is 0 Å². The van der Waals surface area contributed by atoms with Crippen LogP contribution in [0.3, 0.4) is 0 Å². The van der Waals surface area contributed by atoms with Crippen molar-refractivity contribution in [2.24, 2.45) is 5.92 Å². The molecule has 88 valence electrons. The average molecular weight is 213 g/mol. The molecular formula is C12H23NO2. The molecule has 1 aliphatic heterocycles. The highest BCUT2D eigenvalue weighted by molar-refractivity contribution is 5.81. The van der Waals surface area contributed by atoms with Crippen molar-refractivity contribution in [1.29, 1.82) is 0 Å². The summed E-state index contributed by atoms with van der Waals surface area (Å²) in [5.41, 5.74) is -0.734. The Labute approximate surface area is 92.3 Å². The maximum absolute atomic E-state index is 11.6. The average Bonchev–Trinajstić information content (AvgIpc) is 2.41. The summed E-state index contributed by atoms with van der Waals surface area (Å²) >= 11 is 0. The van der Waals surface area contributed by atoms with Gasteiger partial charge in [-0.3, -0.25) is 4.79 Å². The van der Waals surface area contributed by atoms with Gasteiger partial charge in [0.15, 0.2) is 0 Å². The molecule has 3 nitrogen and oxygen atoms in total. The third-order valence-corrected chi connectivity index (χ3v) is 2.94. The fourth-order valence-electron chi connectivity index (χ4n) is 2.25. The maximum atomic E-state index is 11.6. The first-order chi connectivity index (χ1) is 6.92. The zero-order valence-electron chi connectivity index (χ0n) is 10.0. The summed E-state index contributed by atoms with van der Waals surface area (Å²) in [5, 5.41) is 12.7. The van der Waals surface area contributed by atoms with E-state index in [0.717, 1.165) is 12.8 Å². The highest BCUT2D eigenvalue weighted by Crippen LogP contribution is 2.26. The molecule has 0 aromatic heterocycles. The molecule has 3 heteroatoms. The van der Waals surface area contributed by atoms with Crippen molar-refractivity contribution in [3.05, 3.63) is 0 Å². The quantitative estimate of drug-likeness (QED) is 0.732. The molecule has 1 rings (SSSR count). The first-order valence-corrected chi connectivity index (χ1v) is 5.95. The van der Waals surface area contributed by atoms with Crippen molar-refractivity contribution in [1.82, 2.24) is 5.32 Å². The summed E-state index contributed by atoms with van der Waals surface area (Å²) in [7, 11) is 0. The van der Waals surface area contributed by atoms with Crippen LogP contribution < -0.4 is 5.32 Å². The van der Waals surface area contributed by atoms with Crippen LogP contribution in [-0.2, 0) is 4.79 Å². The number of aliphatic hydroxyl groups is 1. The first kappa shape index (κ1) is 12.5. The van der Waals surface area contributed by atoms with Crippen molar-refractivity contribution >= 4 is 5.91 Å². The summed E-state index contributed by atoms with van der Waals surface area (Å²) < 4.78 is 0. The van der Waals surface area contributed by atoms with Crippen molar-refractivity contribution in [2.45, 2.75) is 64.5 Å². The van der Waals surface area contributed by atoms with Gasteiger partial charge in [-0.25, -0.2) is 0 Å². The Morgan fingerprint density at radius 2 is 2.20 bits per heavy atom. The molecule has 0 aliphatic carbocycles. The molecule has 1 amide bonds. The second-order valence-electron chi connectivity index (χ2n) is 5.30.